The lowest BCUT2D eigenvalue weighted by Crippen LogP contribution is -2.33. The predicted molar refractivity (Wildman–Crippen MR) is 81.3 cm³/mol. The molecule has 0 saturated heterocycles. The van der Waals surface area contributed by atoms with Gasteiger partial charge >= 0.3 is 5.97 Å². The van der Waals surface area contributed by atoms with Gasteiger partial charge in [0.25, 0.3) is 0 Å². The summed E-state index contributed by atoms with van der Waals surface area (Å²) in [6, 6.07) is 0. The number of carboxylic acid groups (broad SMARTS) is 1. The van der Waals surface area contributed by atoms with Gasteiger partial charge in [-0.1, -0.05) is 12.8 Å². The number of aliphatic carboxylic acids is 1. The molecule has 0 radical (unpaired) electrons. The van der Waals surface area contributed by atoms with Crippen LogP contribution in [0.25, 0.3) is 0 Å². The van der Waals surface area contributed by atoms with Gasteiger partial charge in [0.05, 0.1) is 11.4 Å². The lowest BCUT2D eigenvalue weighted by Gasteiger charge is -2.26. The second kappa shape index (κ2) is 7.02. The summed E-state index contributed by atoms with van der Waals surface area (Å²) in [7, 11) is 0. The molecule has 1 aromatic heterocycles. The molecule has 5 nitrogen and oxygen atoms in total. The average Bonchev–Trinajstić information content (AvgIpc) is 2.98. The summed E-state index contributed by atoms with van der Waals surface area (Å²) in [5.41, 5.74) is 0.681. The molecule has 1 aliphatic carbocycles. The lowest BCUT2D eigenvalue weighted by molar-refractivity contribution is -0.140. The molecule has 116 valence electrons. The maximum atomic E-state index is 12.1. The fourth-order valence-corrected chi connectivity index (χ4v) is 3.87. The van der Waals surface area contributed by atoms with Crippen LogP contribution in [0.1, 0.15) is 49.2 Å². The SMILES string of the molecule is Cc1csc(CCNC(=O)CC2(CC(=O)O)CCCC2)n1. The smallest absolute Gasteiger partial charge is 0.303 e. The standard InChI is InChI=1S/C15H22N2O3S/c1-11-10-21-13(17-11)4-7-16-12(18)8-15(9-14(19)20)5-2-3-6-15/h10H,2-9H2,1H3,(H,16,18)(H,19,20). The van der Waals surface area contributed by atoms with E-state index in [0.29, 0.717) is 13.0 Å². The molecule has 0 spiro atoms. The minimum Gasteiger partial charge on any atom is -0.481 e. The number of nitrogens with zero attached hydrogens (tertiary/aromatic N) is 1. The van der Waals surface area contributed by atoms with Crippen LogP contribution in [-0.2, 0) is 16.0 Å². The van der Waals surface area contributed by atoms with E-state index in [9.17, 15) is 9.59 Å². The first-order valence-electron chi connectivity index (χ1n) is 7.39. The number of rotatable bonds is 7. The third-order valence-corrected chi connectivity index (χ3v) is 5.08. The number of nitrogens with one attached hydrogen (secondary N) is 1. The van der Waals surface area contributed by atoms with Crippen molar-refractivity contribution in [2.24, 2.45) is 5.41 Å². The first-order valence-corrected chi connectivity index (χ1v) is 8.27. The molecule has 1 heterocycles. The predicted octanol–water partition coefficient (Wildman–Crippen LogP) is 2.54. The Morgan fingerprint density at radius 1 is 1.38 bits per heavy atom. The first kappa shape index (κ1) is 15.9. The van der Waals surface area contributed by atoms with Crippen molar-refractivity contribution >= 4 is 23.2 Å². The fourth-order valence-electron chi connectivity index (χ4n) is 3.09. The van der Waals surface area contributed by atoms with Crippen LogP contribution in [0.15, 0.2) is 5.38 Å². The van der Waals surface area contributed by atoms with E-state index in [2.05, 4.69) is 10.3 Å². The van der Waals surface area contributed by atoms with Gasteiger partial charge < -0.3 is 10.4 Å². The van der Waals surface area contributed by atoms with Gasteiger partial charge in [0.2, 0.25) is 5.91 Å². The van der Waals surface area contributed by atoms with Gasteiger partial charge in [0.1, 0.15) is 0 Å². The molecule has 0 aromatic carbocycles. The molecule has 1 saturated carbocycles. The summed E-state index contributed by atoms with van der Waals surface area (Å²) in [4.78, 5) is 27.4. The summed E-state index contributed by atoms with van der Waals surface area (Å²) in [6.07, 6.45) is 4.91. The monoisotopic (exact) mass is 310 g/mol. The van der Waals surface area contributed by atoms with Gasteiger partial charge in [-0.3, -0.25) is 9.59 Å². The molecule has 0 aliphatic heterocycles. The molecule has 2 N–H and O–H groups in total. The number of amides is 1. The number of aryl methyl sites for hydroxylation is 1. The molecule has 1 fully saturated rings. The van der Waals surface area contributed by atoms with E-state index >= 15 is 0 Å². The number of carbonyl (C=O) groups is 2. The Balaban J connectivity index is 1.78. The van der Waals surface area contributed by atoms with Gasteiger partial charge in [-0.2, -0.15) is 0 Å². The van der Waals surface area contributed by atoms with E-state index in [4.69, 9.17) is 5.11 Å². The van der Waals surface area contributed by atoms with E-state index in [1.165, 1.54) is 0 Å². The fraction of sp³-hybridized carbons (Fsp3) is 0.667. The van der Waals surface area contributed by atoms with Gasteiger partial charge in [-0.05, 0) is 25.2 Å². The highest BCUT2D eigenvalue weighted by Gasteiger charge is 2.37. The van der Waals surface area contributed by atoms with Crippen molar-refractivity contribution in [3.05, 3.63) is 16.1 Å². The number of thiazole rings is 1. The molecule has 1 aromatic rings. The van der Waals surface area contributed by atoms with E-state index in [1.807, 2.05) is 12.3 Å². The molecule has 1 amide bonds. The van der Waals surface area contributed by atoms with Crippen LogP contribution in [-0.4, -0.2) is 28.5 Å². The normalized spacial score (nSPS) is 16.8. The highest BCUT2D eigenvalue weighted by molar-refractivity contribution is 7.09. The van der Waals surface area contributed by atoms with Crippen LogP contribution in [0, 0.1) is 12.3 Å². The van der Waals surface area contributed by atoms with Gasteiger partial charge in [-0.25, -0.2) is 4.98 Å². The Morgan fingerprint density at radius 2 is 2.10 bits per heavy atom. The molecule has 1 aliphatic rings. The second-order valence-corrected chi connectivity index (χ2v) is 6.88. The van der Waals surface area contributed by atoms with E-state index in [0.717, 1.165) is 42.8 Å². The first-order chi connectivity index (χ1) is 9.99. The van der Waals surface area contributed by atoms with Crippen molar-refractivity contribution in [3.8, 4) is 0 Å². The van der Waals surface area contributed by atoms with Crippen LogP contribution >= 0.6 is 11.3 Å². The largest absolute Gasteiger partial charge is 0.481 e. The van der Waals surface area contributed by atoms with Crippen LogP contribution in [0.4, 0.5) is 0 Å². The molecular weight excluding hydrogens is 288 g/mol. The number of carboxylic acids is 1. The van der Waals surface area contributed by atoms with Crippen LogP contribution in [0.5, 0.6) is 0 Å². The Labute approximate surface area is 128 Å². The second-order valence-electron chi connectivity index (χ2n) is 5.94. The number of hydrogen-bond acceptors (Lipinski definition) is 4. The molecule has 6 heteroatoms. The molecule has 0 atom stereocenters. The zero-order valence-corrected chi connectivity index (χ0v) is 13.2. The van der Waals surface area contributed by atoms with Crippen molar-refractivity contribution in [1.29, 1.82) is 0 Å². The van der Waals surface area contributed by atoms with Crippen molar-refractivity contribution in [2.75, 3.05) is 6.54 Å². The van der Waals surface area contributed by atoms with E-state index in [1.54, 1.807) is 11.3 Å². The zero-order chi connectivity index (χ0) is 15.3. The number of carbonyl (C=O) groups excluding carboxylic acids is 1. The van der Waals surface area contributed by atoms with Crippen molar-refractivity contribution in [3.63, 3.8) is 0 Å². The molecule has 2 rings (SSSR count). The van der Waals surface area contributed by atoms with E-state index in [-0.39, 0.29) is 17.7 Å². The molecule has 0 unspecified atom stereocenters. The van der Waals surface area contributed by atoms with Gasteiger partial charge in [0, 0.05) is 30.5 Å². The van der Waals surface area contributed by atoms with Gasteiger partial charge in [-0.15, -0.1) is 11.3 Å². The summed E-state index contributed by atoms with van der Waals surface area (Å²) < 4.78 is 0. The highest BCUT2D eigenvalue weighted by atomic mass is 32.1. The minimum absolute atomic E-state index is 0.0357. The van der Waals surface area contributed by atoms with Crippen LogP contribution < -0.4 is 5.32 Å². The number of aromatic nitrogens is 1. The van der Waals surface area contributed by atoms with Crippen LogP contribution in [0.3, 0.4) is 0 Å². The lowest BCUT2D eigenvalue weighted by atomic mass is 9.79. The maximum absolute atomic E-state index is 12.1. The molecule has 0 bridgehead atoms. The molecular formula is C15H22N2O3S. The Morgan fingerprint density at radius 3 is 2.67 bits per heavy atom. The highest BCUT2D eigenvalue weighted by Crippen LogP contribution is 2.43. The van der Waals surface area contributed by atoms with Crippen molar-refractivity contribution < 1.29 is 14.7 Å². The number of hydrogen-bond donors (Lipinski definition) is 2. The molecule has 21 heavy (non-hydrogen) atoms. The summed E-state index contributed by atoms with van der Waals surface area (Å²) in [5, 5.41) is 15.0. The van der Waals surface area contributed by atoms with Gasteiger partial charge in [0.15, 0.2) is 0 Å². The van der Waals surface area contributed by atoms with E-state index < -0.39 is 5.97 Å². The zero-order valence-electron chi connectivity index (χ0n) is 12.4. The topological polar surface area (TPSA) is 79.3 Å². The quantitative estimate of drug-likeness (QED) is 0.811. The average molecular weight is 310 g/mol. The van der Waals surface area contributed by atoms with Crippen molar-refractivity contribution in [2.45, 2.75) is 51.9 Å². The van der Waals surface area contributed by atoms with Crippen LogP contribution in [0.2, 0.25) is 0 Å². The maximum Gasteiger partial charge on any atom is 0.303 e. The Kier molecular flexibility index (Phi) is 5.33. The third-order valence-electron chi connectivity index (χ3n) is 4.05. The summed E-state index contributed by atoms with van der Waals surface area (Å²) in [6.45, 7) is 2.52. The summed E-state index contributed by atoms with van der Waals surface area (Å²) in [5.74, 6) is -0.839. The summed E-state index contributed by atoms with van der Waals surface area (Å²) >= 11 is 1.60. The Hall–Kier alpha value is -1.43. The minimum atomic E-state index is -0.803. The third kappa shape index (κ3) is 4.81. The van der Waals surface area contributed by atoms with Crippen molar-refractivity contribution in [1.82, 2.24) is 10.3 Å². The Bertz CT molecular complexity index is 507.